The molecule has 0 spiro atoms. The average molecular weight is 422 g/mol. The van der Waals surface area contributed by atoms with Crippen LogP contribution in [0.3, 0.4) is 0 Å². The van der Waals surface area contributed by atoms with Gasteiger partial charge in [0.05, 0.1) is 38.6 Å². The Morgan fingerprint density at radius 1 is 0.923 bits per heavy atom. The zero-order valence-corrected chi connectivity index (χ0v) is 16.5. The molecule has 138 valence electrons. The van der Waals surface area contributed by atoms with E-state index in [2.05, 4.69) is 21.2 Å². The molecule has 0 aromatic heterocycles. The van der Waals surface area contributed by atoms with E-state index in [4.69, 9.17) is 18.9 Å². The van der Waals surface area contributed by atoms with Crippen molar-refractivity contribution in [2.24, 2.45) is 0 Å². The lowest BCUT2D eigenvalue weighted by molar-refractivity contribution is -0.111. The molecule has 0 radical (unpaired) electrons. The lowest BCUT2D eigenvalue weighted by atomic mass is 10.1. The van der Waals surface area contributed by atoms with Crippen LogP contribution in [0.4, 0.5) is 5.69 Å². The number of rotatable bonds is 7. The van der Waals surface area contributed by atoms with Gasteiger partial charge in [-0.1, -0.05) is 0 Å². The van der Waals surface area contributed by atoms with Gasteiger partial charge in [-0.05, 0) is 34.1 Å². The van der Waals surface area contributed by atoms with Crippen LogP contribution >= 0.6 is 15.9 Å². The number of halogens is 1. The van der Waals surface area contributed by atoms with E-state index in [1.54, 1.807) is 51.7 Å². The maximum absolute atomic E-state index is 12.3. The number of methoxy groups -OCH3 is 4. The number of carbonyl (C=O) groups is 1. The molecule has 2 rings (SSSR count). The Morgan fingerprint density at radius 3 is 2.23 bits per heavy atom. The second-order valence-corrected chi connectivity index (χ2v) is 5.97. The van der Waals surface area contributed by atoms with Crippen molar-refractivity contribution in [1.82, 2.24) is 0 Å². The molecular formula is C19H20BrNO5. The lowest BCUT2D eigenvalue weighted by Crippen LogP contribution is -2.09. The van der Waals surface area contributed by atoms with E-state index in [1.165, 1.54) is 13.2 Å². The topological polar surface area (TPSA) is 66.0 Å². The number of ether oxygens (including phenoxy) is 4. The quantitative estimate of drug-likeness (QED) is 0.680. The number of carbonyl (C=O) groups excluding carboxylic acids is 1. The summed E-state index contributed by atoms with van der Waals surface area (Å²) >= 11 is 3.38. The fourth-order valence-electron chi connectivity index (χ4n) is 2.25. The van der Waals surface area contributed by atoms with Crippen molar-refractivity contribution in [2.75, 3.05) is 33.8 Å². The molecule has 6 nitrogen and oxygen atoms in total. The summed E-state index contributed by atoms with van der Waals surface area (Å²) in [5.41, 5.74) is 1.26. The molecule has 0 saturated heterocycles. The second kappa shape index (κ2) is 9.15. The van der Waals surface area contributed by atoms with E-state index in [1.807, 2.05) is 6.07 Å². The van der Waals surface area contributed by atoms with Crippen molar-refractivity contribution in [2.45, 2.75) is 0 Å². The number of benzene rings is 2. The second-order valence-electron chi connectivity index (χ2n) is 5.12. The predicted octanol–water partition coefficient (Wildman–Crippen LogP) is 4.14. The molecule has 0 fully saturated rings. The van der Waals surface area contributed by atoms with Gasteiger partial charge in [-0.25, -0.2) is 0 Å². The standard InChI is InChI=1S/C19H20BrNO5/c1-23-13-7-5-12(16(9-13)24-2)6-8-19(22)21-15-11-17(25-3)14(20)10-18(15)26-4/h5-11H,1-4H3,(H,21,22)/b8-6+. The predicted molar refractivity (Wildman–Crippen MR) is 104 cm³/mol. The molecule has 0 atom stereocenters. The van der Waals surface area contributed by atoms with E-state index in [0.717, 1.165) is 10.0 Å². The van der Waals surface area contributed by atoms with Crippen LogP contribution < -0.4 is 24.3 Å². The van der Waals surface area contributed by atoms with Crippen molar-refractivity contribution in [3.8, 4) is 23.0 Å². The molecule has 1 amide bonds. The van der Waals surface area contributed by atoms with Crippen LogP contribution in [0.1, 0.15) is 5.56 Å². The van der Waals surface area contributed by atoms with Crippen molar-refractivity contribution in [3.05, 3.63) is 46.4 Å². The van der Waals surface area contributed by atoms with E-state index < -0.39 is 0 Å². The molecule has 1 N–H and O–H groups in total. The van der Waals surface area contributed by atoms with Gasteiger partial charge in [-0.3, -0.25) is 4.79 Å². The Kier molecular flexibility index (Phi) is 6.91. The van der Waals surface area contributed by atoms with Gasteiger partial charge in [0.2, 0.25) is 5.91 Å². The highest BCUT2D eigenvalue weighted by Gasteiger charge is 2.11. The van der Waals surface area contributed by atoms with E-state index >= 15 is 0 Å². The van der Waals surface area contributed by atoms with Crippen molar-refractivity contribution < 1.29 is 23.7 Å². The molecule has 2 aromatic carbocycles. The summed E-state index contributed by atoms with van der Waals surface area (Å²) < 4.78 is 21.7. The molecule has 0 heterocycles. The van der Waals surface area contributed by atoms with Gasteiger partial charge >= 0.3 is 0 Å². The van der Waals surface area contributed by atoms with Gasteiger partial charge in [0.15, 0.2) is 0 Å². The summed E-state index contributed by atoms with van der Waals surface area (Å²) in [6, 6.07) is 8.76. The molecule has 0 saturated carbocycles. The minimum absolute atomic E-state index is 0.314. The summed E-state index contributed by atoms with van der Waals surface area (Å²) in [5, 5.41) is 2.78. The van der Waals surface area contributed by atoms with Gasteiger partial charge in [0.25, 0.3) is 0 Å². The first-order valence-corrected chi connectivity index (χ1v) is 8.44. The van der Waals surface area contributed by atoms with Crippen LogP contribution in [0.25, 0.3) is 6.08 Å². The zero-order valence-electron chi connectivity index (χ0n) is 15.0. The van der Waals surface area contributed by atoms with E-state index in [0.29, 0.717) is 28.7 Å². The monoisotopic (exact) mass is 421 g/mol. The van der Waals surface area contributed by atoms with Crippen LogP contribution in [0.15, 0.2) is 40.9 Å². The van der Waals surface area contributed by atoms with Crippen LogP contribution in [0.5, 0.6) is 23.0 Å². The summed E-state index contributed by atoms with van der Waals surface area (Å²) in [4.78, 5) is 12.3. The minimum atomic E-state index is -0.314. The van der Waals surface area contributed by atoms with Gasteiger partial charge in [-0.15, -0.1) is 0 Å². The third kappa shape index (κ3) is 4.70. The number of anilines is 1. The summed E-state index contributed by atoms with van der Waals surface area (Å²) in [7, 11) is 6.22. The van der Waals surface area contributed by atoms with Gasteiger partial charge in [0.1, 0.15) is 23.0 Å². The number of amides is 1. The first-order valence-electron chi connectivity index (χ1n) is 7.65. The minimum Gasteiger partial charge on any atom is -0.497 e. The summed E-state index contributed by atoms with van der Waals surface area (Å²) in [5.74, 6) is 2.07. The SMILES string of the molecule is COc1ccc(/C=C/C(=O)Nc2cc(OC)c(Br)cc2OC)c(OC)c1. The molecule has 2 aromatic rings. The molecule has 0 aliphatic carbocycles. The fraction of sp³-hybridized carbons (Fsp3) is 0.211. The molecule has 0 aliphatic heterocycles. The Morgan fingerprint density at radius 2 is 1.62 bits per heavy atom. The Bertz CT molecular complexity index is 820. The highest BCUT2D eigenvalue weighted by atomic mass is 79.9. The Labute approximate surface area is 160 Å². The van der Waals surface area contributed by atoms with E-state index in [-0.39, 0.29) is 5.91 Å². The van der Waals surface area contributed by atoms with Gasteiger partial charge in [0, 0.05) is 29.8 Å². The first-order chi connectivity index (χ1) is 12.5. The molecule has 0 unspecified atom stereocenters. The molecule has 7 heteroatoms. The zero-order chi connectivity index (χ0) is 19.1. The van der Waals surface area contributed by atoms with Crippen LogP contribution in [-0.2, 0) is 4.79 Å². The third-order valence-corrected chi connectivity index (χ3v) is 4.21. The van der Waals surface area contributed by atoms with Gasteiger partial charge in [-0.2, -0.15) is 0 Å². The maximum atomic E-state index is 12.3. The number of hydrogen-bond donors (Lipinski definition) is 1. The Hall–Kier alpha value is -2.67. The highest BCUT2D eigenvalue weighted by Crippen LogP contribution is 2.36. The van der Waals surface area contributed by atoms with E-state index in [9.17, 15) is 4.79 Å². The van der Waals surface area contributed by atoms with Crippen LogP contribution in [0.2, 0.25) is 0 Å². The van der Waals surface area contributed by atoms with Gasteiger partial charge < -0.3 is 24.3 Å². The molecule has 0 bridgehead atoms. The third-order valence-electron chi connectivity index (χ3n) is 3.59. The summed E-state index contributed by atoms with van der Waals surface area (Å²) in [6.07, 6.45) is 3.08. The molecular weight excluding hydrogens is 402 g/mol. The van der Waals surface area contributed by atoms with Crippen LogP contribution in [0, 0.1) is 0 Å². The van der Waals surface area contributed by atoms with Crippen molar-refractivity contribution in [1.29, 1.82) is 0 Å². The molecule has 26 heavy (non-hydrogen) atoms. The smallest absolute Gasteiger partial charge is 0.248 e. The highest BCUT2D eigenvalue weighted by molar-refractivity contribution is 9.10. The molecule has 0 aliphatic rings. The first kappa shape index (κ1) is 19.7. The normalized spacial score (nSPS) is 10.5. The Balaban J connectivity index is 2.20. The maximum Gasteiger partial charge on any atom is 0.248 e. The fourth-order valence-corrected chi connectivity index (χ4v) is 2.74. The number of hydrogen-bond acceptors (Lipinski definition) is 5. The van der Waals surface area contributed by atoms with Crippen molar-refractivity contribution >= 4 is 33.6 Å². The largest absolute Gasteiger partial charge is 0.497 e. The van der Waals surface area contributed by atoms with Crippen molar-refractivity contribution in [3.63, 3.8) is 0 Å². The number of nitrogens with one attached hydrogen (secondary N) is 1. The average Bonchev–Trinajstić information content (AvgIpc) is 2.67. The summed E-state index contributed by atoms with van der Waals surface area (Å²) in [6.45, 7) is 0. The lowest BCUT2D eigenvalue weighted by Gasteiger charge is -2.12. The van der Waals surface area contributed by atoms with Crippen LogP contribution in [-0.4, -0.2) is 34.3 Å².